The topological polar surface area (TPSA) is 42.7 Å². The SMILES string of the molecule is O=C(OC1C2CC3CC1CN(C3)C2)c1ccc(Br)o1. The molecule has 0 amide bonds. The molecular weight excluding hydrogens is 310 g/mol. The summed E-state index contributed by atoms with van der Waals surface area (Å²) in [6.07, 6.45) is 2.52. The average Bonchev–Trinajstić information content (AvgIpc) is 2.79. The first-order valence-electron chi connectivity index (χ1n) is 6.87. The van der Waals surface area contributed by atoms with Gasteiger partial charge in [-0.25, -0.2) is 4.79 Å². The lowest BCUT2D eigenvalue weighted by Crippen LogP contribution is -2.60. The van der Waals surface area contributed by atoms with Crippen LogP contribution in [0, 0.1) is 17.8 Å². The molecule has 1 aliphatic carbocycles. The molecular formula is C14H16BrNO3. The van der Waals surface area contributed by atoms with E-state index in [1.165, 1.54) is 19.4 Å². The molecule has 1 saturated carbocycles. The third-order valence-corrected chi connectivity index (χ3v) is 5.15. The van der Waals surface area contributed by atoms with E-state index in [0.717, 1.165) is 19.0 Å². The molecule has 4 nitrogen and oxygen atoms in total. The lowest BCUT2D eigenvalue weighted by atomic mass is 9.66. The summed E-state index contributed by atoms with van der Waals surface area (Å²) in [7, 11) is 0. The van der Waals surface area contributed by atoms with Crippen molar-refractivity contribution in [3.05, 3.63) is 22.6 Å². The molecule has 1 aromatic rings. The molecule has 19 heavy (non-hydrogen) atoms. The van der Waals surface area contributed by atoms with Crippen molar-refractivity contribution >= 4 is 21.9 Å². The molecule has 4 aliphatic rings. The van der Waals surface area contributed by atoms with Crippen molar-refractivity contribution in [2.24, 2.45) is 17.8 Å². The highest BCUT2D eigenvalue weighted by atomic mass is 79.9. The fourth-order valence-electron chi connectivity index (χ4n) is 4.16. The number of nitrogens with zero attached hydrogens (tertiary/aromatic N) is 1. The maximum atomic E-state index is 12.1. The summed E-state index contributed by atoms with van der Waals surface area (Å²) < 4.78 is 11.6. The second kappa shape index (κ2) is 4.35. The van der Waals surface area contributed by atoms with E-state index >= 15 is 0 Å². The minimum atomic E-state index is -0.321. The van der Waals surface area contributed by atoms with Crippen LogP contribution in [-0.4, -0.2) is 36.6 Å². The highest BCUT2D eigenvalue weighted by molar-refractivity contribution is 9.10. The van der Waals surface area contributed by atoms with Gasteiger partial charge in [-0.3, -0.25) is 0 Å². The van der Waals surface area contributed by atoms with Crippen LogP contribution in [-0.2, 0) is 4.74 Å². The van der Waals surface area contributed by atoms with Crippen molar-refractivity contribution in [1.82, 2.24) is 4.90 Å². The number of carbonyl (C=O) groups is 1. The summed E-state index contributed by atoms with van der Waals surface area (Å²) in [6, 6.07) is 3.38. The van der Waals surface area contributed by atoms with Gasteiger partial charge in [-0.2, -0.15) is 0 Å². The number of rotatable bonds is 2. The summed E-state index contributed by atoms with van der Waals surface area (Å²) in [6.45, 7) is 3.43. The quantitative estimate of drug-likeness (QED) is 0.784. The Hall–Kier alpha value is -0.810. The smallest absolute Gasteiger partial charge is 0.374 e. The highest BCUT2D eigenvalue weighted by Crippen LogP contribution is 2.44. The Bertz CT molecular complexity index is 485. The molecule has 0 radical (unpaired) electrons. The number of piperidine rings is 3. The zero-order valence-corrected chi connectivity index (χ0v) is 12.1. The van der Waals surface area contributed by atoms with E-state index in [4.69, 9.17) is 9.15 Å². The molecule has 0 aromatic carbocycles. The van der Waals surface area contributed by atoms with Gasteiger partial charge in [0, 0.05) is 31.5 Å². The highest BCUT2D eigenvalue weighted by Gasteiger charge is 2.49. The van der Waals surface area contributed by atoms with Gasteiger partial charge < -0.3 is 14.1 Å². The van der Waals surface area contributed by atoms with Crippen LogP contribution < -0.4 is 0 Å². The number of ether oxygens (including phenoxy) is 1. The van der Waals surface area contributed by atoms with Gasteiger partial charge in [0.05, 0.1) is 0 Å². The summed E-state index contributed by atoms with van der Waals surface area (Å²) >= 11 is 3.21. The van der Waals surface area contributed by atoms with Crippen molar-refractivity contribution in [2.45, 2.75) is 18.9 Å². The van der Waals surface area contributed by atoms with Gasteiger partial charge in [0.1, 0.15) is 6.10 Å². The minimum absolute atomic E-state index is 0.0872. The van der Waals surface area contributed by atoms with Crippen molar-refractivity contribution in [2.75, 3.05) is 19.6 Å². The fraction of sp³-hybridized carbons (Fsp3) is 0.643. The number of esters is 1. The van der Waals surface area contributed by atoms with E-state index < -0.39 is 0 Å². The van der Waals surface area contributed by atoms with Crippen LogP contribution in [0.2, 0.25) is 0 Å². The van der Waals surface area contributed by atoms with Gasteiger partial charge in [0.15, 0.2) is 4.67 Å². The third-order valence-electron chi connectivity index (χ3n) is 4.72. The molecule has 4 heterocycles. The predicted molar refractivity (Wildman–Crippen MR) is 71.8 cm³/mol. The minimum Gasteiger partial charge on any atom is -0.456 e. The number of hydrogen-bond acceptors (Lipinski definition) is 4. The van der Waals surface area contributed by atoms with Crippen LogP contribution in [0.15, 0.2) is 21.2 Å². The number of furan rings is 1. The van der Waals surface area contributed by atoms with E-state index in [0.29, 0.717) is 22.3 Å². The summed E-state index contributed by atoms with van der Waals surface area (Å²) in [5.74, 6) is 1.84. The molecule has 4 bridgehead atoms. The van der Waals surface area contributed by atoms with E-state index in [1.54, 1.807) is 12.1 Å². The standard InChI is InChI=1S/C14H16BrNO3/c15-12-2-1-11(18-12)14(17)19-13-9-3-8-4-10(13)7-16(5-8)6-9/h1-2,8-10,13H,3-7H2. The Labute approximate surface area is 120 Å². The molecule has 3 saturated heterocycles. The van der Waals surface area contributed by atoms with Gasteiger partial charge in [-0.1, -0.05) is 0 Å². The first-order chi connectivity index (χ1) is 9.19. The Kier molecular flexibility index (Phi) is 2.74. The van der Waals surface area contributed by atoms with Gasteiger partial charge in [0.25, 0.3) is 0 Å². The van der Waals surface area contributed by atoms with E-state index in [9.17, 15) is 4.79 Å². The predicted octanol–water partition coefficient (Wildman–Crippen LogP) is 2.54. The van der Waals surface area contributed by atoms with Crippen LogP contribution >= 0.6 is 15.9 Å². The largest absolute Gasteiger partial charge is 0.456 e. The molecule has 102 valence electrons. The van der Waals surface area contributed by atoms with Crippen molar-refractivity contribution in [1.29, 1.82) is 0 Å². The molecule has 3 aliphatic heterocycles. The van der Waals surface area contributed by atoms with Crippen molar-refractivity contribution in [3.8, 4) is 0 Å². The van der Waals surface area contributed by atoms with Gasteiger partial charge in [-0.05, 0) is 46.8 Å². The van der Waals surface area contributed by atoms with E-state index in [-0.39, 0.29) is 12.1 Å². The average molecular weight is 326 g/mol. The summed E-state index contributed by atoms with van der Waals surface area (Å²) in [5, 5.41) is 0. The fourth-order valence-corrected chi connectivity index (χ4v) is 4.47. The Morgan fingerprint density at radius 3 is 2.58 bits per heavy atom. The monoisotopic (exact) mass is 325 g/mol. The number of carbonyl (C=O) groups excluding carboxylic acids is 1. The third kappa shape index (κ3) is 2.03. The van der Waals surface area contributed by atoms with Crippen molar-refractivity contribution in [3.63, 3.8) is 0 Å². The van der Waals surface area contributed by atoms with Crippen LogP contribution in [0.25, 0.3) is 0 Å². The molecule has 1 aromatic heterocycles. The van der Waals surface area contributed by atoms with E-state index in [2.05, 4.69) is 20.8 Å². The van der Waals surface area contributed by atoms with E-state index in [1.807, 2.05) is 0 Å². The second-order valence-corrected chi connectivity index (χ2v) is 6.83. The first-order valence-corrected chi connectivity index (χ1v) is 7.67. The molecule has 0 spiro atoms. The summed E-state index contributed by atoms with van der Waals surface area (Å²) in [4.78, 5) is 14.6. The zero-order chi connectivity index (χ0) is 13.0. The number of hydrogen-bond donors (Lipinski definition) is 0. The Morgan fingerprint density at radius 2 is 2.00 bits per heavy atom. The summed E-state index contributed by atoms with van der Waals surface area (Å²) in [5.41, 5.74) is 0. The first kappa shape index (κ1) is 12.0. The van der Waals surface area contributed by atoms with Crippen LogP contribution in [0.4, 0.5) is 0 Å². The van der Waals surface area contributed by atoms with Gasteiger partial charge in [-0.15, -0.1) is 0 Å². The molecule has 2 atom stereocenters. The maximum absolute atomic E-state index is 12.1. The second-order valence-electron chi connectivity index (χ2n) is 6.05. The van der Waals surface area contributed by atoms with Crippen LogP contribution in [0.3, 0.4) is 0 Å². The number of halogens is 1. The maximum Gasteiger partial charge on any atom is 0.374 e. The molecule has 5 rings (SSSR count). The van der Waals surface area contributed by atoms with Gasteiger partial charge >= 0.3 is 5.97 Å². The lowest BCUT2D eigenvalue weighted by molar-refractivity contribution is -0.117. The molecule has 0 N–H and O–H groups in total. The molecule has 2 unspecified atom stereocenters. The Morgan fingerprint density at radius 1 is 1.26 bits per heavy atom. The zero-order valence-electron chi connectivity index (χ0n) is 10.5. The normalized spacial score (nSPS) is 39.5. The molecule has 5 heteroatoms. The molecule has 4 fully saturated rings. The van der Waals surface area contributed by atoms with Crippen LogP contribution in [0.5, 0.6) is 0 Å². The van der Waals surface area contributed by atoms with Crippen LogP contribution in [0.1, 0.15) is 23.4 Å². The van der Waals surface area contributed by atoms with Gasteiger partial charge in [0.2, 0.25) is 5.76 Å². The Balaban J connectivity index is 1.49. The lowest BCUT2D eigenvalue weighted by Gasteiger charge is -2.54. The van der Waals surface area contributed by atoms with Crippen molar-refractivity contribution < 1.29 is 13.9 Å².